The molecule has 5 nitrogen and oxygen atoms in total. The highest BCUT2D eigenvalue weighted by atomic mass is 32.2. The molecule has 0 amide bonds. The van der Waals surface area contributed by atoms with Gasteiger partial charge < -0.3 is 10.5 Å². The van der Waals surface area contributed by atoms with E-state index in [-0.39, 0.29) is 12.2 Å². The fraction of sp³-hybridized carbons (Fsp3) is 0.667. The van der Waals surface area contributed by atoms with Crippen LogP contribution >= 0.6 is 11.3 Å². The maximum Gasteiger partial charge on any atom is 0.252 e. The Morgan fingerprint density at radius 1 is 1.32 bits per heavy atom. The molecule has 2 bridgehead atoms. The number of fused-ring (bicyclic) bond motifs is 2. The van der Waals surface area contributed by atoms with E-state index in [2.05, 4.69) is 0 Å². The minimum atomic E-state index is -3.35. The van der Waals surface area contributed by atoms with Crippen molar-refractivity contribution in [1.29, 1.82) is 0 Å². The second kappa shape index (κ2) is 5.14. The van der Waals surface area contributed by atoms with Gasteiger partial charge in [0.15, 0.2) is 0 Å². The molecule has 0 radical (unpaired) electrons. The van der Waals surface area contributed by atoms with E-state index in [4.69, 9.17) is 10.5 Å². The molecule has 2 aliphatic rings. The smallest absolute Gasteiger partial charge is 0.252 e. The summed E-state index contributed by atoms with van der Waals surface area (Å²) in [6.45, 7) is 1.52. The van der Waals surface area contributed by atoms with Crippen LogP contribution in [0.25, 0.3) is 0 Å². The lowest BCUT2D eigenvalue weighted by Crippen LogP contribution is -2.45. The van der Waals surface area contributed by atoms with Crippen molar-refractivity contribution in [2.24, 2.45) is 5.73 Å². The van der Waals surface area contributed by atoms with E-state index in [0.29, 0.717) is 23.8 Å². The fourth-order valence-corrected chi connectivity index (χ4v) is 5.70. The third-order valence-corrected chi connectivity index (χ3v) is 7.08. The molecule has 3 heterocycles. The van der Waals surface area contributed by atoms with Crippen LogP contribution in [0.1, 0.15) is 17.7 Å². The third-order valence-electron chi connectivity index (χ3n) is 3.63. The number of nitrogens with zero attached hydrogens (tertiary/aromatic N) is 1. The quantitative estimate of drug-likeness (QED) is 0.893. The molecule has 1 aromatic heterocycles. The lowest BCUT2D eigenvalue weighted by Gasteiger charge is -2.30. The van der Waals surface area contributed by atoms with Crippen molar-refractivity contribution in [3.8, 4) is 0 Å². The van der Waals surface area contributed by atoms with Crippen LogP contribution in [0.4, 0.5) is 0 Å². The van der Waals surface area contributed by atoms with E-state index in [1.165, 1.54) is 11.3 Å². The van der Waals surface area contributed by atoms with Crippen molar-refractivity contribution in [3.05, 3.63) is 17.0 Å². The van der Waals surface area contributed by atoms with E-state index in [1.54, 1.807) is 10.4 Å². The molecule has 2 N–H and O–H groups in total. The molecule has 0 saturated carbocycles. The van der Waals surface area contributed by atoms with Gasteiger partial charge in [-0.1, -0.05) is 0 Å². The molecule has 0 spiro atoms. The first-order chi connectivity index (χ1) is 9.09. The van der Waals surface area contributed by atoms with Gasteiger partial charge in [0.25, 0.3) is 10.0 Å². The first-order valence-electron chi connectivity index (χ1n) is 6.54. The van der Waals surface area contributed by atoms with Gasteiger partial charge >= 0.3 is 0 Å². The first kappa shape index (κ1) is 13.5. The molecular weight excluding hydrogens is 284 g/mol. The van der Waals surface area contributed by atoms with Crippen molar-refractivity contribution in [2.45, 2.75) is 35.7 Å². The summed E-state index contributed by atoms with van der Waals surface area (Å²) < 4.78 is 32.8. The predicted octanol–water partition coefficient (Wildman–Crippen LogP) is 0.801. The van der Waals surface area contributed by atoms with Gasteiger partial charge in [-0.05, 0) is 37.9 Å². The summed E-state index contributed by atoms with van der Waals surface area (Å²) in [7, 11) is -3.35. The van der Waals surface area contributed by atoms with Gasteiger partial charge in [0.2, 0.25) is 0 Å². The molecular formula is C12H18N2O3S2. The van der Waals surface area contributed by atoms with E-state index in [0.717, 1.165) is 24.1 Å². The Labute approximate surface area is 117 Å². The zero-order valence-corrected chi connectivity index (χ0v) is 12.3. The second-order valence-electron chi connectivity index (χ2n) is 5.04. The molecule has 3 rings (SSSR count). The van der Waals surface area contributed by atoms with E-state index in [1.807, 2.05) is 6.07 Å². The normalized spacial score (nSPS) is 27.8. The van der Waals surface area contributed by atoms with E-state index >= 15 is 0 Å². The van der Waals surface area contributed by atoms with Crippen LogP contribution in [-0.4, -0.2) is 44.6 Å². The molecule has 7 heteroatoms. The summed E-state index contributed by atoms with van der Waals surface area (Å²) >= 11 is 1.33. The Morgan fingerprint density at radius 2 is 2.00 bits per heavy atom. The molecule has 2 aliphatic heterocycles. The average Bonchev–Trinajstić information content (AvgIpc) is 2.97. The zero-order valence-electron chi connectivity index (χ0n) is 10.6. The summed E-state index contributed by atoms with van der Waals surface area (Å²) in [5.41, 5.74) is 5.50. The number of thiophene rings is 1. The predicted molar refractivity (Wildman–Crippen MR) is 73.7 cm³/mol. The van der Waals surface area contributed by atoms with Gasteiger partial charge in [-0.25, -0.2) is 8.42 Å². The average molecular weight is 302 g/mol. The molecule has 2 unspecified atom stereocenters. The lowest BCUT2D eigenvalue weighted by atomic mass is 10.2. The number of ether oxygens (including phenoxy) is 1. The molecule has 19 heavy (non-hydrogen) atoms. The molecule has 2 atom stereocenters. The molecule has 0 aliphatic carbocycles. The maximum absolute atomic E-state index is 12.6. The topological polar surface area (TPSA) is 72.6 Å². The Bertz CT molecular complexity index is 543. The van der Waals surface area contributed by atoms with Crippen LogP contribution in [0, 0.1) is 0 Å². The zero-order chi connectivity index (χ0) is 13.5. The Hall–Kier alpha value is -0.470. The highest BCUT2D eigenvalue weighted by Gasteiger charge is 2.39. The Kier molecular flexibility index (Phi) is 3.65. The monoisotopic (exact) mass is 302 g/mol. The highest BCUT2D eigenvalue weighted by molar-refractivity contribution is 7.91. The summed E-state index contributed by atoms with van der Waals surface area (Å²) in [5, 5.41) is 0. The molecule has 1 aromatic rings. The minimum absolute atomic E-state index is 0.0806. The van der Waals surface area contributed by atoms with Crippen molar-refractivity contribution < 1.29 is 13.2 Å². The first-order valence-corrected chi connectivity index (χ1v) is 8.79. The summed E-state index contributed by atoms with van der Waals surface area (Å²) in [6, 6.07) is 3.56. The molecule has 2 saturated heterocycles. The van der Waals surface area contributed by atoms with Gasteiger partial charge in [-0.2, -0.15) is 4.31 Å². The number of hydrogen-bond donors (Lipinski definition) is 1. The van der Waals surface area contributed by atoms with Crippen molar-refractivity contribution in [2.75, 3.05) is 19.6 Å². The van der Waals surface area contributed by atoms with Crippen LogP contribution in [0.15, 0.2) is 16.3 Å². The van der Waals surface area contributed by atoms with Gasteiger partial charge in [-0.3, -0.25) is 0 Å². The number of rotatable bonds is 4. The van der Waals surface area contributed by atoms with Crippen molar-refractivity contribution in [3.63, 3.8) is 0 Å². The number of hydrogen-bond acceptors (Lipinski definition) is 5. The van der Waals surface area contributed by atoms with E-state index < -0.39 is 10.0 Å². The SMILES string of the molecule is NCCc1ccc(S(=O)(=O)N2CC3CCC(C2)O3)s1. The van der Waals surface area contributed by atoms with Crippen LogP contribution in [0.5, 0.6) is 0 Å². The van der Waals surface area contributed by atoms with E-state index in [9.17, 15) is 8.42 Å². The Morgan fingerprint density at radius 3 is 2.63 bits per heavy atom. The van der Waals surface area contributed by atoms with Gasteiger partial charge in [0.05, 0.1) is 12.2 Å². The fourth-order valence-electron chi connectivity index (χ4n) is 2.67. The minimum Gasteiger partial charge on any atom is -0.372 e. The maximum atomic E-state index is 12.6. The molecule has 2 fully saturated rings. The van der Waals surface area contributed by atoms with Crippen LogP contribution in [0.3, 0.4) is 0 Å². The van der Waals surface area contributed by atoms with Crippen LogP contribution < -0.4 is 5.73 Å². The van der Waals surface area contributed by atoms with Crippen LogP contribution in [0.2, 0.25) is 0 Å². The number of sulfonamides is 1. The van der Waals surface area contributed by atoms with Gasteiger partial charge in [-0.15, -0.1) is 11.3 Å². The number of nitrogens with two attached hydrogens (primary N) is 1. The largest absolute Gasteiger partial charge is 0.372 e. The highest BCUT2D eigenvalue weighted by Crippen LogP contribution is 2.32. The summed E-state index contributed by atoms with van der Waals surface area (Å²) in [4.78, 5) is 1.03. The lowest BCUT2D eigenvalue weighted by molar-refractivity contribution is -0.0114. The van der Waals surface area contributed by atoms with Crippen LogP contribution in [-0.2, 0) is 21.2 Å². The molecule has 0 aromatic carbocycles. The standard InChI is InChI=1S/C12H18N2O3S2/c13-6-5-11-3-4-12(18-11)19(15,16)14-7-9-1-2-10(8-14)17-9/h3-4,9-10H,1-2,5-8,13H2. The molecule has 106 valence electrons. The summed E-state index contributed by atoms with van der Waals surface area (Å²) in [6.07, 6.45) is 2.84. The summed E-state index contributed by atoms with van der Waals surface area (Å²) in [5.74, 6) is 0. The van der Waals surface area contributed by atoms with Crippen molar-refractivity contribution >= 4 is 21.4 Å². The Balaban J connectivity index is 1.81. The van der Waals surface area contributed by atoms with Gasteiger partial charge in [0.1, 0.15) is 4.21 Å². The van der Waals surface area contributed by atoms with Gasteiger partial charge in [0, 0.05) is 18.0 Å². The second-order valence-corrected chi connectivity index (χ2v) is 8.37. The number of morpholine rings is 1. The van der Waals surface area contributed by atoms with Crippen molar-refractivity contribution in [1.82, 2.24) is 4.31 Å². The third kappa shape index (κ3) is 2.57.